The minimum Gasteiger partial charge on any atom is -0.426 e. The molecule has 0 radical (unpaired) electrons. The van der Waals surface area contributed by atoms with Crippen LogP contribution in [0.2, 0.25) is 18.1 Å². The second-order valence-corrected chi connectivity index (χ2v) is 29.6. The summed E-state index contributed by atoms with van der Waals surface area (Å²) in [6.07, 6.45) is 2.57. The van der Waals surface area contributed by atoms with Gasteiger partial charge in [-0.15, -0.1) is 0 Å². The number of rotatable bonds is 2. The van der Waals surface area contributed by atoms with Gasteiger partial charge in [-0.1, -0.05) is 113 Å². The van der Waals surface area contributed by atoms with E-state index in [0.29, 0.717) is 11.8 Å². The van der Waals surface area contributed by atoms with E-state index in [9.17, 15) is 19.5 Å². The highest BCUT2D eigenvalue weighted by atomic mass is 28.4. The Hall–Kier alpha value is -2.50. The number of aliphatic hydroxyl groups is 1. The number of hydrogen-bond acceptors (Lipinski definition) is 10. The highest BCUT2D eigenvalue weighted by Crippen LogP contribution is 2.76. The van der Waals surface area contributed by atoms with E-state index in [1.807, 2.05) is 20.8 Å². The van der Waals surface area contributed by atoms with Gasteiger partial charge in [-0.05, 0) is 91.2 Å². The Bertz CT molecular complexity index is 2040. The van der Waals surface area contributed by atoms with E-state index in [1.165, 1.54) is 0 Å². The first-order chi connectivity index (χ1) is 28.0. The Morgan fingerprint density at radius 2 is 1.07 bits per heavy atom. The van der Waals surface area contributed by atoms with Gasteiger partial charge in [-0.2, -0.15) is 0 Å². The zero-order valence-electron chi connectivity index (χ0n) is 39.9. The van der Waals surface area contributed by atoms with Gasteiger partial charge in [0.2, 0.25) is 0 Å². The number of carbonyl (C=O) groups excluding carboxylic acids is 4. The Labute approximate surface area is 365 Å². The summed E-state index contributed by atoms with van der Waals surface area (Å²) in [7, 11) is -2.21. The first-order valence-electron chi connectivity index (χ1n) is 23.6. The molecule has 8 aliphatic carbocycles. The van der Waals surface area contributed by atoms with Crippen molar-refractivity contribution in [2.45, 2.75) is 170 Å². The van der Waals surface area contributed by atoms with Crippen LogP contribution in [0.25, 0.3) is 0 Å². The normalized spacial score (nSPS) is 52.8. The molecule has 8 fully saturated rings. The van der Waals surface area contributed by atoms with Crippen LogP contribution in [0, 0.1) is 92.7 Å². The minimum absolute atomic E-state index is 0.0104. The van der Waals surface area contributed by atoms with Gasteiger partial charge >= 0.3 is 12.3 Å². The zero-order chi connectivity index (χ0) is 45.1. The number of fused-ring (bicyclic) bond motifs is 6. The largest absolute Gasteiger partial charge is 0.509 e. The van der Waals surface area contributed by atoms with Crippen LogP contribution in [-0.2, 0) is 33.0 Å². The first kappa shape index (κ1) is 43.7. The van der Waals surface area contributed by atoms with Crippen molar-refractivity contribution < 1.29 is 47.7 Å². The summed E-state index contributed by atoms with van der Waals surface area (Å²) in [6.45, 7) is 37.0. The van der Waals surface area contributed by atoms with Crippen molar-refractivity contribution in [2.75, 3.05) is 0 Å². The average molecular weight is 863 g/mol. The number of aliphatic hydroxyl groups excluding tert-OH is 1. The molecule has 2 saturated heterocycles. The average Bonchev–Trinajstić information content (AvgIpc) is 3.57. The van der Waals surface area contributed by atoms with Crippen LogP contribution in [0.3, 0.4) is 0 Å². The van der Waals surface area contributed by atoms with Gasteiger partial charge < -0.3 is 28.5 Å². The minimum atomic E-state index is -2.21. The van der Waals surface area contributed by atoms with E-state index in [4.69, 9.17) is 23.4 Å². The van der Waals surface area contributed by atoms with Crippen LogP contribution in [0.4, 0.5) is 9.59 Å². The highest BCUT2D eigenvalue weighted by molar-refractivity contribution is 6.74. The number of ether oxygens (including phenoxy) is 4. The second-order valence-electron chi connectivity index (χ2n) is 24.8. The monoisotopic (exact) mass is 863 g/mol. The molecule has 0 unspecified atom stereocenters. The highest BCUT2D eigenvalue weighted by Gasteiger charge is 2.83. The first-order valence-corrected chi connectivity index (χ1v) is 26.5. The van der Waals surface area contributed by atoms with Gasteiger partial charge in [0.1, 0.15) is 0 Å². The van der Waals surface area contributed by atoms with Gasteiger partial charge in [-0.25, -0.2) is 9.59 Å². The van der Waals surface area contributed by atoms with E-state index >= 15 is 4.79 Å². The van der Waals surface area contributed by atoms with Crippen molar-refractivity contribution in [2.24, 2.45) is 92.7 Å². The van der Waals surface area contributed by atoms with Crippen molar-refractivity contribution >= 4 is 32.2 Å². The molecule has 10 nitrogen and oxygen atoms in total. The zero-order valence-corrected chi connectivity index (χ0v) is 40.9. The van der Waals surface area contributed by atoms with Gasteiger partial charge in [0.05, 0.1) is 23.0 Å². The smallest absolute Gasteiger partial charge is 0.426 e. The Kier molecular flexibility index (Phi) is 9.06. The molecule has 6 saturated carbocycles. The lowest BCUT2D eigenvalue weighted by Gasteiger charge is -2.47. The summed E-state index contributed by atoms with van der Waals surface area (Å²) in [5, 5.41) is 11.3. The lowest BCUT2D eigenvalue weighted by molar-refractivity contribution is -0.154. The standard InChI is InChI=1S/C28H44O5Si.C22H30O5/c1-14-13-27-15(2)12-18-20(26(18,8)9)19(22(27)29)21(33-34(10,11)25(5,6)7)16(3)23-28(27,17(14)4)32-24(30)31-23;1-9-8-21-10(2)7-13-15(20(13,5)6)14(17(21)24)16(23)11(3)18-22(21,12(9)4)27-19(25)26-18/h13,15-21,23H,12H2,1-11H3;8,10-16,18,23H,7H2,1-6H3/t15-,16+,17+,18-,19-,20-,21-,23-,27+,28-;10-,11+,12+,13-,14-,15-,16-,18-,21+,22-/m11/s1. The molecule has 2 heterocycles. The molecule has 61 heavy (non-hydrogen) atoms. The molecule has 338 valence electrons. The van der Waals surface area contributed by atoms with Crippen LogP contribution < -0.4 is 0 Å². The molecule has 10 aliphatic rings. The summed E-state index contributed by atoms with van der Waals surface area (Å²) in [6, 6.07) is 0. The van der Waals surface area contributed by atoms with Crippen molar-refractivity contribution in [1.29, 1.82) is 0 Å². The fourth-order valence-electron chi connectivity index (χ4n) is 16.1. The number of ketones is 2. The Balaban J connectivity index is 0.000000160. The second kappa shape index (κ2) is 12.6. The third kappa shape index (κ3) is 4.93. The number of carbonyl (C=O) groups is 4. The van der Waals surface area contributed by atoms with E-state index in [-0.39, 0.29) is 86.8 Å². The Morgan fingerprint density at radius 3 is 1.49 bits per heavy atom. The summed E-state index contributed by atoms with van der Waals surface area (Å²) in [5.74, 6) is 0.431. The van der Waals surface area contributed by atoms with Crippen molar-refractivity contribution in [3.8, 4) is 0 Å². The van der Waals surface area contributed by atoms with Crippen molar-refractivity contribution in [1.82, 2.24) is 0 Å². The number of Topliss-reactive ketones (excluding diaryl/α,β-unsaturated/α-hetero) is 2. The van der Waals surface area contributed by atoms with E-state index < -0.39 is 66.9 Å². The molecule has 0 aromatic rings. The fraction of sp³-hybridized carbons (Fsp3) is 0.840. The predicted molar refractivity (Wildman–Crippen MR) is 231 cm³/mol. The van der Waals surface area contributed by atoms with Crippen LogP contribution in [0.5, 0.6) is 0 Å². The fourth-order valence-corrected chi connectivity index (χ4v) is 17.5. The van der Waals surface area contributed by atoms with Crippen LogP contribution in [-0.4, -0.2) is 72.9 Å². The molecule has 0 aromatic carbocycles. The summed E-state index contributed by atoms with van der Waals surface area (Å²) >= 11 is 0. The van der Waals surface area contributed by atoms with E-state index in [0.717, 1.165) is 24.0 Å². The van der Waals surface area contributed by atoms with Gasteiger partial charge in [0, 0.05) is 35.5 Å². The van der Waals surface area contributed by atoms with Gasteiger partial charge in [0.25, 0.3) is 0 Å². The SMILES string of the molecule is CC1=C[C@]23C(=O)[C@@H]([C@H](O)[C@H](C)[C@H]4OC(=O)O[C@]42[C@H]1C)[C@H]1[C@@H](C[C@H]3C)C1(C)C.CC1=C[C@]23C(=O)[C@@H]([C@H](O[Si](C)(C)C(C)(C)C)[C@H](C)[C@H]4OC(=O)O[C@]42[C@H]1C)[C@H]1[C@@H](C[C@H]3C)C1(C)C. The topological polar surface area (TPSA) is 135 Å². The van der Waals surface area contributed by atoms with Crippen LogP contribution in [0.1, 0.15) is 117 Å². The maximum atomic E-state index is 15.1. The maximum Gasteiger partial charge on any atom is 0.509 e. The lowest BCUT2D eigenvalue weighted by atomic mass is 9.58. The molecule has 2 aliphatic heterocycles. The molecule has 4 spiro atoms. The predicted octanol–water partition coefficient (Wildman–Crippen LogP) is 9.73. The molecule has 20 atom stereocenters. The van der Waals surface area contributed by atoms with Gasteiger partial charge in [-0.3, -0.25) is 9.59 Å². The van der Waals surface area contributed by atoms with Crippen molar-refractivity contribution in [3.05, 3.63) is 23.3 Å². The molecular weight excluding hydrogens is 789 g/mol. The lowest BCUT2D eigenvalue weighted by Crippen LogP contribution is -2.62. The van der Waals surface area contributed by atoms with Crippen LogP contribution >= 0.6 is 0 Å². The maximum absolute atomic E-state index is 15.1. The van der Waals surface area contributed by atoms with E-state index in [1.54, 1.807) is 0 Å². The molecular formula is C50H74O10Si. The summed E-state index contributed by atoms with van der Waals surface area (Å²) < 4.78 is 31.2. The van der Waals surface area contributed by atoms with Crippen LogP contribution in [0.15, 0.2) is 23.3 Å². The molecule has 0 aromatic heterocycles. The quantitative estimate of drug-likeness (QED) is 0.163. The number of hydrogen-bond donors (Lipinski definition) is 1. The molecule has 0 amide bonds. The van der Waals surface area contributed by atoms with E-state index in [2.05, 4.69) is 108 Å². The summed E-state index contributed by atoms with van der Waals surface area (Å²) in [4.78, 5) is 54.4. The molecule has 1 N–H and O–H groups in total. The third-order valence-electron chi connectivity index (χ3n) is 20.9. The van der Waals surface area contributed by atoms with Crippen molar-refractivity contribution in [3.63, 3.8) is 0 Å². The molecule has 4 bridgehead atoms. The van der Waals surface area contributed by atoms with Gasteiger partial charge in [0.15, 0.2) is 43.3 Å². The summed E-state index contributed by atoms with van der Waals surface area (Å²) in [5.41, 5.74) is -1.42. The molecule has 10 rings (SSSR count). The third-order valence-corrected chi connectivity index (χ3v) is 25.3. The Morgan fingerprint density at radius 1 is 0.672 bits per heavy atom. The molecule has 11 heteroatoms.